The van der Waals surface area contributed by atoms with Crippen molar-refractivity contribution in [1.29, 1.82) is 0 Å². The maximum absolute atomic E-state index is 5.78. The number of hydrogen-bond donors (Lipinski definition) is 1. The number of rotatable bonds is 3. The van der Waals surface area contributed by atoms with Gasteiger partial charge in [0.05, 0.1) is 0 Å². The average Bonchev–Trinajstić information content (AvgIpc) is 2.18. The summed E-state index contributed by atoms with van der Waals surface area (Å²) in [5.74, 6) is 0. The van der Waals surface area contributed by atoms with Crippen LogP contribution in [0.25, 0.3) is 0 Å². The molecular formula is C11H18ClN. The van der Waals surface area contributed by atoms with Crippen molar-refractivity contribution in [3.63, 3.8) is 0 Å². The van der Waals surface area contributed by atoms with E-state index >= 15 is 0 Å². The third-order valence-corrected chi connectivity index (χ3v) is 1.64. The van der Waals surface area contributed by atoms with E-state index in [0.29, 0.717) is 0 Å². The lowest BCUT2D eigenvalue weighted by Gasteiger charge is -2.03. The van der Waals surface area contributed by atoms with Crippen LogP contribution in [0.2, 0.25) is 5.02 Å². The lowest BCUT2D eigenvalue weighted by Crippen LogP contribution is -1.98. The minimum Gasteiger partial charge on any atom is -0.385 e. The molecule has 1 aromatic rings. The van der Waals surface area contributed by atoms with Crippen LogP contribution in [0.1, 0.15) is 27.2 Å². The van der Waals surface area contributed by atoms with Crippen LogP contribution in [0, 0.1) is 0 Å². The Balaban J connectivity index is 0.000000671. The average molecular weight is 200 g/mol. The summed E-state index contributed by atoms with van der Waals surface area (Å²) in [5.41, 5.74) is 1.10. The third-order valence-electron chi connectivity index (χ3n) is 1.40. The van der Waals surface area contributed by atoms with Gasteiger partial charge in [-0.3, -0.25) is 0 Å². The van der Waals surface area contributed by atoms with E-state index in [1.54, 1.807) is 0 Å². The molecule has 13 heavy (non-hydrogen) atoms. The topological polar surface area (TPSA) is 12.0 Å². The number of anilines is 1. The van der Waals surface area contributed by atoms with E-state index < -0.39 is 0 Å². The zero-order valence-electron chi connectivity index (χ0n) is 8.60. The summed E-state index contributed by atoms with van der Waals surface area (Å²) in [7, 11) is 0. The summed E-state index contributed by atoms with van der Waals surface area (Å²) in [4.78, 5) is 0. The van der Waals surface area contributed by atoms with Crippen molar-refractivity contribution in [2.24, 2.45) is 0 Å². The summed E-state index contributed by atoms with van der Waals surface area (Å²) in [6, 6.07) is 7.76. The maximum atomic E-state index is 5.78. The van der Waals surface area contributed by atoms with Gasteiger partial charge >= 0.3 is 0 Å². The SMILES string of the molecule is CC.CCCNc1cccc(Cl)c1. The van der Waals surface area contributed by atoms with E-state index in [1.807, 2.05) is 38.1 Å². The monoisotopic (exact) mass is 199 g/mol. The maximum Gasteiger partial charge on any atom is 0.0426 e. The highest BCUT2D eigenvalue weighted by molar-refractivity contribution is 6.30. The highest BCUT2D eigenvalue weighted by atomic mass is 35.5. The fraction of sp³-hybridized carbons (Fsp3) is 0.455. The standard InChI is InChI=1S/C9H12ClN.C2H6/c1-2-6-11-9-5-3-4-8(10)7-9;1-2/h3-5,7,11H,2,6H2,1H3;1-2H3. The van der Waals surface area contributed by atoms with E-state index in [1.165, 1.54) is 0 Å². The van der Waals surface area contributed by atoms with Crippen LogP contribution in [0.15, 0.2) is 24.3 Å². The van der Waals surface area contributed by atoms with E-state index in [2.05, 4.69) is 12.2 Å². The van der Waals surface area contributed by atoms with Gasteiger partial charge in [-0.1, -0.05) is 38.4 Å². The van der Waals surface area contributed by atoms with Crippen molar-refractivity contribution in [3.05, 3.63) is 29.3 Å². The van der Waals surface area contributed by atoms with Gasteiger partial charge in [0, 0.05) is 17.3 Å². The molecule has 0 atom stereocenters. The Bertz CT molecular complexity index is 223. The van der Waals surface area contributed by atoms with Crippen molar-refractivity contribution in [3.8, 4) is 0 Å². The van der Waals surface area contributed by atoms with Crippen LogP contribution in [0.4, 0.5) is 5.69 Å². The van der Waals surface area contributed by atoms with Crippen molar-refractivity contribution < 1.29 is 0 Å². The van der Waals surface area contributed by atoms with Crippen LogP contribution in [0.5, 0.6) is 0 Å². The molecule has 0 aliphatic rings. The Morgan fingerprint density at radius 1 is 1.31 bits per heavy atom. The van der Waals surface area contributed by atoms with Crippen molar-refractivity contribution >= 4 is 17.3 Å². The minimum atomic E-state index is 0.783. The normalized spacial score (nSPS) is 8.62. The molecule has 1 nitrogen and oxygen atoms in total. The molecule has 2 heteroatoms. The molecule has 0 saturated carbocycles. The largest absolute Gasteiger partial charge is 0.385 e. The Morgan fingerprint density at radius 3 is 2.54 bits per heavy atom. The van der Waals surface area contributed by atoms with Gasteiger partial charge in [0.25, 0.3) is 0 Å². The Morgan fingerprint density at radius 2 is 2.00 bits per heavy atom. The fourth-order valence-electron chi connectivity index (χ4n) is 0.868. The van der Waals surface area contributed by atoms with Gasteiger partial charge in [0.15, 0.2) is 0 Å². The Labute approximate surface area is 86.1 Å². The molecule has 0 unspecified atom stereocenters. The second-order valence-corrected chi connectivity index (χ2v) is 2.87. The van der Waals surface area contributed by atoms with Gasteiger partial charge in [-0.05, 0) is 24.6 Å². The smallest absolute Gasteiger partial charge is 0.0426 e. The van der Waals surface area contributed by atoms with Gasteiger partial charge in [-0.25, -0.2) is 0 Å². The molecule has 0 heterocycles. The van der Waals surface area contributed by atoms with Crippen molar-refractivity contribution in [1.82, 2.24) is 0 Å². The summed E-state index contributed by atoms with van der Waals surface area (Å²) in [6.45, 7) is 7.14. The van der Waals surface area contributed by atoms with Crippen LogP contribution in [0.3, 0.4) is 0 Å². The summed E-state index contributed by atoms with van der Waals surface area (Å²) < 4.78 is 0. The molecule has 74 valence electrons. The van der Waals surface area contributed by atoms with Crippen molar-refractivity contribution in [2.75, 3.05) is 11.9 Å². The first-order valence-corrected chi connectivity index (χ1v) is 5.20. The van der Waals surface area contributed by atoms with E-state index in [9.17, 15) is 0 Å². The molecular weight excluding hydrogens is 182 g/mol. The second-order valence-electron chi connectivity index (χ2n) is 2.44. The molecule has 1 rings (SSSR count). The molecule has 0 saturated heterocycles. The van der Waals surface area contributed by atoms with Crippen LogP contribution in [-0.4, -0.2) is 6.54 Å². The summed E-state index contributed by atoms with van der Waals surface area (Å²) >= 11 is 5.78. The number of benzene rings is 1. The summed E-state index contributed by atoms with van der Waals surface area (Å²) in [5, 5.41) is 4.03. The first-order valence-electron chi connectivity index (χ1n) is 4.82. The molecule has 0 spiro atoms. The zero-order chi connectivity index (χ0) is 10.1. The number of halogens is 1. The first kappa shape index (κ1) is 12.3. The molecule has 1 aromatic carbocycles. The molecule has 0 aliphatic carbocycles. The molecule has 0 bridgehead atoms. The molecule has 0 aliphatic heterocycles. The van der Waals surface area contributed by atoms with Crippen LogP contribution < -0.4 is 5.32 Å². The van der Waals surface area contributed by atoms with E-state index in [4.69, 9.17) is 11.6 Å². The van der Waals surface area contributed by atoms with Gasteiger partial charge < -0.3 is 5.32 Å². The molecule has 1 N–H and O–H groups in total. The molecule has 0 amide bonds. The molecule has 0 aromatic heterocycles. The zero-order valence-corrected chi connectivity index (χ0v) is 9.36. The minimum absolute atomic E-state index is 0.783. The van der Waals surface area contributed by atoms with Gasteiger partial charge in [0.1, 0.15) is 0 Å². The Kier molecular flexibility index (Phi) is 7.51. The first-order chi connectivity index (χ1) is 6.33. The second kappa shape index (κ2) is 7.93. The van der Waals surface area contributed by atoms with Gasteiger partial charge in [-0.2, -0.15) is 0 Å². The Hall–Kier alpha value is -0.690. The summed E-state index contributed by atoms with van der Waals surface area (Å²) in [6.07, 6.45) is 1.13. The fourth-order valence-corrected chi connectivity index (χ4v) is 1.06. The van der Waals surface area contributed by atoms with E-state index in [0.717, 1.165) is 23.7 Å². The lowest BCUT2D eigenvalue weighted by molar-refractivity contribution is 0.980. The lowest BCUT2D eigenvalue weighted by atomic mass is 10.3. The molecule has 0 fully saturated rings. The highest BCUT2D eigenvalue weighted by Crippen LogP contribution is 2.14. The highest BCUT2D eigenvalue weighted by Gasteiger charge is 1.90. The number of nitrogens with one attached hydrogen (secondary N) is 1. The molecule has 0 radical (unpaired) electrons. The van der Waals surface area contributed by atoms with Crippen LogP contribution >= 0.6 is 11.6 Å². The van der Waals surface area contributed by atoms with Gasteiger partial charge in [-0.15, -0.1) is 0 Å². The van der Waals surface area contributed by atoms with Crippen LogP contribution in [-0.2, 0) is 0 Å². The van der Waals surface area contributed by atoms with E-state index in [-0.39, 0.29) is 0 Å². The quantitative estimate of drug-likeness (QED) is 0.770. The predicted molar refractivity (Wildman–Crippen MR) is 61.6 cm³/mol. The number of hydrogen-bond acceptors (Lipinski definition) is 1. The predicted octanol–water partition coefficient (Wildman–Crippen LogP) is 4.19. The van der Waals surface area contributed by atoms with Crippen molar-refractivity contribution in [2.45, 2.75) is 27.2 Å². The van der Waals surface area contributed by atoms with Gasteiger partial charge in [0.2, 0.25) is 0 Å². The third kappa shape index (κ3) is 5.53.